The van der Waals surface area contributed by atoms with Gasteiger partial charge in [0, 0.05) is 50.2 Å². The van der Waals surface area contributed by atoms with Gasteiger partial charge in [0.15, 0.2) is 10.6 Å². The summed E-state index contributed by atoms with van der Waals surface area (Å²) in [5, 5.41) is 4.84. The van der Waals surface area contributed by atoms with E-state index in [1.807, 2.05) is 36.7 Å². The second-order valence-corrected chi connectivity index (χ2v) is 11.2. The van der Waals surface area contributed by atoms with Gasteiger partial charge in [0.1, 0.15) is 0 Å². The Morgan fingerprint density at radius 3 is 2.33 bits per heavy atom. The zero-order valence-electron chi connectivity index (χ0n) is 18.9. The van der Waals surface area contributed by atoms with Crippen LogP contribution >= 0.6 is 12.2 Å². The van der Waals surface area contributed by atoms with Crippen LogP contribution in [0.15, 0.2) is 47.6 Å². The summed E-state index contributed by atoms with van der Waals surface area (Å²) in [6.45, 7) is 6.64. The van der Waals surface area contributed by atoms with Crippen LogP contribution in [0.2, 0.25) is 0 Å². The molecule has 1 aliphatic heterocycles. The molecule has 0 spiro atoms. The van der Waals surface area contributed by atoms with Crippen molar-refractivity contribution in [3.8, 4) is 11.4 Å². The quantitative estimate of drug-likeness (QED) is 0.499. The molecule has 8 nitrogen and oxygen atoms in total. The Morgan fingerprint density at radius 1 is 1.00 bits per heavy atom. The molecule has 33 heavy (non-hydrogen) atoms. The van der Waals surface area contributed by atoms with Gasteiger partial charge in [0.2, 0.25) is 10.0 Å². The lowest BCUT2D eigenvalue weighted by atomic mass is 10.1. The van der Waals surface area contributed by atoms with E-state index in [1.54, 1.807) is 28.8 Å². The number of rotatable bonds is 6. The average molecular weight is 485 g/mol. The Morgan fingerprint density at radius 2 is 1.70 bits per heavy atom. The van der Waals surface area contributed by atoms with Crippen molar-refractivity contribution >= 4 is 22.2 Å². The van der Waals surface area contributed by atoms with Crippen molar-refractivity contribution in [2.24, 2.45) is 0 Å². The summed E-state index contributed by atoms with van der Waals surface area (Å²) in [6, 6.07) is 9.66. The minimum atomic E-state index is -3.49. The molecule has 1 aromatic carbocycles. The van der Waals surface area contributed by atoms with Gasteiger partial charge in [-0.05, 0) is 74.3 Å². The molecule has 2 aliphatic rings. The van der Waals surface area contributed by atoms with Crippen LogP contribution in [0.5, 0.6) is 0 Å². The number of piperazine rings is 1. The summed E-state index contributed by atoms with van der Waals surface area (Å²) >= 11 is 5.78. The lowest BCUT2D eigenvalue weighted by molar-refractivity contribution is 0.144. The number of hydrogen-bond donors (Lipinski definition) is 0. The van der Waals surface area contributed by atoms with Gasteiger partial charge >= 0.3 is 0 Å². The summed E-state index contributed by atoms with van der Waals surface area (Å²) < 4.78 is 32.6. The third-order valence-electron chi connectivity index (χ3n) is 6.50. The van der Waals surface area contributed by atoms with Gasteiger partial charge in [-0.1, -0.05) is 6.07 Å². The molecule has 0 atom stereocenters. The maximum Gasteiger partial charge on any atom is 0.243 e. The minimum absolute atomic E-state index is 0.367. The number of nitrogens with zero attached hydrogens (tertiary/aromatic N) is 6. The van der Waals surface area contributed by atoms with E-state index in [-0.39, 0.29) is 0 Å². The van der Waals surface area contributed by atoms with E-state index in [4.69, 9.17) is 17.3 Å². The zero-order chi connectivity index (χ0) is 23.2. The van der Waals surface area contributed by atoms with Gasteiger partial charge in [-0.3, -0.25) is 14.5 Å². The summed E-state index contributed by atoms with van der Waals surface area (Å²) in [4.78, 5) is 6.69. The third-order valence-corrected chi connectivity index (χ3v) is 8.80. The van der Waals surface area contributed by atoms with Crippen molar-refractivity contribution in [1.29, 1.82) is 0 Å². The van der Waals surface area contributed by atoms with E-state index in [1.165, 1.54) is 0 Å². The predicted molar refractivity (Wildman–Crippen MR) is 129 cm³/mol. The fourth-order valence-electron chi connectivity index (χ4n) is 4.20. The maximum absolute atomic E-state index is 13.1. The van der Waals surface area contributed by atoms with E-state index in [0.29, 0.717) is 43.8 Å². The topological polar surface area (TPSA) is 76.3 Å². The molecule has 174 valence electrons. The molecule has 10 heteroatoms. The SMILES string of the molecule is Cc1ccc(S(=O)(=O)N2CCN(Cn3nc(-c4ccncc4)n(C4CC4)c3=S)CC2)cc1C. The smallest absolute Gasteiger partial charge is 0.243 e. The molecule has 1 aliphatic carbocycles. The molecular formula is C23H28N6O2S2. The lowest BCUT2D eigenvalue weighted by Gasteiger charge is -2.33. The average Bonchev–Trinajstić information content (AvgIpc) is 3.60. The second-order valence-electron chi connectivity index (χ2n) is 8.85. The molecule has 0 N–H and O–H groups in total. The van der Waals surface area contributed by atoms with Gasteiger partial charge in [0.05, 0.1) is 11.6 Å². The summed E-state index contributed by atoms with van der Waals surface area (Å²) in [7, 11) is -3.49. The molecule has 2 fully saturated rings. The lowest BCUT2D eigenvalue weighted by Crippen LogP contribution is -2.48. The van der Waals surface area contributed by atoms with Crippen LogP contribution in [-0.4, -0.2) is 63.1 Å². The first-order valence-electron chi connectivity index (χ1n) is 11.2. The summed E-state index contributed by atoms with van der Waals surface area (Å²) in [6.07, 6.45) is 5.77. The molecule has 3 heterocycles. The molecule has 0 radical (unpaired) electrons. The van der Waals surface area contributed by atoms with Crippen molar-refractivity contribution in [2.75, 3.05) is 26.2 Å². The van der Waals surface area contributed by atoms with Crippen LogP contribution in [0, 0.1) is 18.6 Å². The number of aryl methyl sites for hydroxylation is 2. The standard InChI is InChI=1S/C23H28N6O2S2/c1-17-3-6-21(15-18(17)2)33(30,31)27-13-11-26(12-14-27)16-28-23(32)29(20-4-5-20)22(25-28)19-7-9-24-10-8-19/h3,6-10,15,20H,4-5,11-14,16H2,1-2H3. The fraction of sp³-hybridized carbons (Fsp3) is 0.435. The van der Waals surface area contributed by atoms with Crippen LogP contribution in [0.3, 0.4) is 0 Å². The number of pyridine rings is 1. The molecule has 0 amide bonds. The third kappa shape index (κ3) is 4.40. The van der Waals surface area contributed by atoms with Crippen LogP contribution in [-0.2, 0) is 16.7 Å². The van der Waals surface area contributed by atoms with Crippen LogP contribution in [0.25, 0.3) is 11.4 Å². The Kier molecular flexibility index (Phi) is 5.94. The van der Waals surface area contributed by atoms with Gasteiger partial charge in [0.25, 0.3) is 0 Å². The largest absolute Gasteiger partial charge is 0.297 e. The van der Waals surface area contributed by atoms with Gasteiger partial charge in [-0.15, -0.1) is 0 Å². The first kappa shape index (κ1) is 22.4. The summed E-state index contributed by atoms with van der Waals surface area (Å²) in [5.74, 6) is 0.876. The zero-order valence-corrected chi connectivity index (χ0v) is 20.5. The van der Waals surface area contributed by atoms with Gasteiger partial charge < -0.3 is 0 Å². The number of sulfonamides is 1. The normalized spacial score (nSPS) is 18.0. The molecule has 2 aromatic heterocycles. The predicted octanol–water partition coefficient (Wildman–Crippen LogP) is 3.39. The van der Waals surface area contributed by atoms with Gasteiger partial charge in [-0.25, -0.2) is 13.1 Å². The van der Waals surface area contributed by atoms with Crippen LogP contribution < -0.4 is 0 Å². The van der Waals surface area contributed by atoms with Crippen LogP contribution in [0.4, 0.5) is 0 Å². The first-order valence-corrected chi connectivity index (χ1v) is 13.1. The monoisotopic (exact) mass is 484 g/mol. The number of aromatic nitrogens is 4. The van der Waals surface area contributed by atoms with E-state index in [2.05, 4.69) is 14.5 Å². The van der Waals surface area contributed by atoms with Crippen molar-refractivity contribution in [3.63, 3.8) is 0 Å². The highest BCUT2D eigenvalue weighted by molar-refractivity contribution is 7.89. The van der Waals surface area contributed by atoms with Gasteiger partial charge in [-0.2, -0.15) is 9.40 Å². The number of benzene rings is 1. The molecule has 5 rings (SSSR count). The van der Waals surface area contributed by atoms with E-state index < -0.39 is 10.0 Å². The Hall–Kier alpha value is -2.40. The molecule has 3 aromatic rings. The Bertz CT molecular complexity index is 1320. The summed E-state index contributed by atoms with van der Waals surface area (Å²) in [5.41, 5.74) is 3.08. The molecule has 1 saturated heterocycles. The highest BCUT2D eigenvalue weighted by atomic mass is 32.2. The van der Waals surface area contributed by atoms with Crippen molar-refractivity contribution in [3.05, 3.63) is 58.6 Å². The molecule has 1 saturated carbocycles. The second kappa shape index (κ2) is 8.75. The molecular weight excluding hydrogens is 456 g/mol. The highest BCUT2D eigenvalue weighted by Gasteiger charge is 2.31. The Balaban J connectivity index is 1.31. The molecule has 0 unspecified atom stereocenters. The van der Waals surface area contributed by atoms with Crippen molar-refractivity contribution in [1.82, 2.24) is 28.5 Å². The number of hydrogen-bond acceptors (Lipinski definition) is 6. The van der Waals surface area contributed by atoms with E-state index >= 15 is 0 Å². The maximum atomic E-state index is 13.1. The Labute approximate surface area is 199 Å². The van der Waals surface area contributed by atoms with Crippen LogP contribution in [0.1, 0.15) is 30.0 Å². The molecule has 0 bridgehead atoms. The van der Waals surface area contributed by atoms with E-state index in [9.17, 15) is 8.42 Å². The van der Waals surface area contributed by atoms with Crippen molar-refractivity contribution in [2.45, 2.75) is 44.3 Å². The van der Waals surface area contributed by atoms with E-state index in [0.717, 1.165) is 40.1 Å². The first-order chi connectivity index (χ1) is 15.8. The fourth-order valence-corrected chi connectivity index (χ4v) is 6.04. The highest BCUT2D eigenvalue weighted by Crippen LogP contribution is 2.38. The van der Waals surface area contributed by atoms with Crippen molar-refractivity contribution < 1.29 is 8.42 Å². The minimum Gasteiger partial charge on any atom is -0.297 e.